The number of likely N-dealkylation sites (N-methyl/N-ethyl adjacent to an activating group) is 1. The molecule has 3 atom stereocenters. The quantitative estimate of drug-likeness (QED) is 0.286. The number of benzene rings is 3. The van der Waals surface area contributed by atoms with E-state index in [9.17, 15) is 31.2 Å². The highest BCUT2D eigenvalue weighted by Gasteiger charge is 2.64. The molecule has 0 N–H and O–H groups in total. The first-order valence-electron chi connectivity index (χ1n) is 15.0. The Bertz CT molecular complexity index is 1980. The van der Waals surface area contributed by atoms with Crippen LogP contribution in [0.1, 0.15) is 30.0 Å². The smallest absolute Gasteiger partial charge is 0.497 e. The SMILES string of the molecule is COc1ccc(S(=O)(=O)N2C(=O)C(c3cc(C)ccc3OC)(N3CC(OC(C)=O)CC3C(=O)N(C)C)c3cc(Cl)ccc32)c(OC(F)(F)F)c1. The number of alkyl halides is 3. The minimum absolute atomic E-state index is 0.0192. The van der Waals surface area contributed by atoms with Gasteiger partial charge in [0.1, 0.15) is 22.5 Å². The molecule has 0 aliphatic carbocycles. The van der Waals surface area contributed by atoms with E-state index in [-0.39, 0.29) is 46.3 Å². The molecule has 3 unspecified atom stereocenters. The van der Waals surface area contributed by atoms with Crippen LogP contribution in [-0.4, -0.2) is 89.4 Å². The first-order valence-corrected chi connectivity index (χ1v) is 16.8. The largest absolute Gasteiger partial charge is 0.573 e. The molecule has 2 aliphatic rings. The number of esters is 1. The van der Waals surface area contributed by atoms with Crippen LogP contribution in [-0.2, 0) is 34.7 Å². The van der Waals surface area contributed by atoms with Gasteiger partial charge in [0.2, 0.25) is 5.91 Å². The summed E-state index contributed by atoms with van der Waals surface area (Å²) in [5, 5.41) is 0.0727. The Balaban J connectivity index is 1.88. The van der Waals surface area contributed by atoms with Crippen molar-refractivity contribution < 1.29 is 54.9 Å². The summed E-state index contributed by atoms with van der Waals surface area (Å²) in [6.07, 6.45) is -6.33. The van der Waals surface area contributed by atoms with Crippen LogP contribution in [0.3, 0.4) is 0 Å². The van der Waals surface area contributed by atoms with Gasteiger partial charge < -0.3 is 23.8 Å². The zero-order valence-electron chi connectivity index (χ0n) is 27.7. The molecule has 3 aromatic rings. The topological polar surface area (TPSA) is 132 Å². The zero-order valence-corrected chi connectivity index (χ0v) is 29.3. The minimum Gasteiger partial charge on any atom is -0.497 e. The molecule has 5 rings (SSSR count). The van der Waals surface area contributed by atoms with Crippen molar-refractivity contribution in [1.29, 1.82) is 0 Å². The molecule has 1 saturated heterocycles. The first-order chi connectivity index (χ1) is 23.4. The Morgan fingerprint density at radius 2 is 1.68 bits per heavy atom. The fourth-order valence-corrected chi connectivity index (χ4v) is 8.27. The van der Waals surface area contributed by atoms with Gasteiger partial charge in [-0.2, -0.15) is 0 Å². The fourth-order valence-electron chi connectivity index (χ4n) is 6.53. The molecule has 0 spiro atoms. The summed E-state index contributed by atoms with van der Waals surface area (Å²) in [6, 6.07) is 10.2. The first kappa shape index (κ1) is 36.7. The standard InChI is InChI=1S/C33H33ClF3N3O9S/c1-18-7-11-27(47-6)24(13-18)32(39-17-22(48-19(2)41)15-26(39)30(42)38(3)4)23-14-20(34)8-10-25(23)40(31(32)43)50(44,45)29-12-9-21(46-5)16-28(29)49-33(35,36)37/h7-14,16,22,26H,15,17H2,1-6H3. The molecule has 12 nitrogen and oxygen atoms in total. The molecule has 0 saturated carbocycles. The van der Waals surface area contributed by atoms with E-state index in [0.717, 1.165) is 18.2 Å². The number of sulfonamides is 1. The third-order valence-corrected chi connectivity index (χ3v) is 10.4. The average molecular weight is 740 g/mol. The molecule has 0 aromatic heterocycles. The summed E-state index contributed by atoms with van der Waals surface area (Å²) in [5.74, 6) is -3.53. The number of hydrogen-bond donors (Lipinski definition) is 0. The van der Waals surface area contributed by atoms with Gasteiger partial charge in [-0.25, -0.2) is 12.7 Å². The van der Waals surface area contributed by atoms with Crippen LogP contribution in [0.4, 0.5) is 18.9 Å². The Labute approximate surface area is 291 Å². The number of aryl methyl sites for hydroxylation is 1. The van der Waals surface area contributed by atoms with Crippen LogP contribution < -0.4 is 18.5 Å². The van der Waals surface area contributed by atoms with E-state index in [1.165, 1.54) is 63.2 Å². The maximum atomic E-state index is 15.5. The van der Waals surface area contributed by atoms with Crippen molar-refractivity contribution in [3.8, 4) is 17.2 Å². The predicted octanol–water partition coefficient (Wildman–Crippen LogP) is 4.64. The summed E-state index contributed by atoms with van der Waals surface area (Å²) >= 11 is 6.52. The second-order valence-electron chi connectivity index (χ2n) is 11.9. The summed E-state index contributed by atoms with van der Waals surface area (Å²) in [6.45, 7) is 2.66. The molecule has 2 amide bonds. The summed E-state index contributed by atoms with van der Waals surface area (Å²) in [4.78, 5) is 43.2. The van der Waals surface area contributed by atoms with Crippen LogP contribution in [0.5, 0.6) is 17.2 Å². The maximum Gasteiger partial charge on any atom is 0.573 e. The van der Waals surface area contributed by atoms with E-state index < -0.39 is 62.5 Å². The summed E-state index contributed by atoms with van der Waals surface area (Å²) in [5.41, 5.74) is -1.79. The van der Waals surface area contributed by atoms with E-state index in [0.29, 0.717) is 9.87 Å². The molecule has 3 aromatic carbocycles. The number of rotatable bonds is 9. The molecule has 268 valence electrons. The van der Waals surface area contributed by atoms with Gasteiger partial charge in [0.05, 0.1) is 25.9 Å². The van der Waals surface area contributed by atoms with E-state index in [1.54, 1.807) is 25.1 Å². The number of hydrogen-bond acceptors (Lipinski definition) is 10. The van der Waals surface area contributed by atoms with Crippen molar-refractivity contribution in [2.24, 2.45) is 0 Å². The summed E-state index contributed by atoms with van der Waals surface area (Å²) in [7, 11) is 0.224. The molecular weight excluding hydrogens is 707 g/mol. The van der Waals surface area contributed by atoms with Gasteiger partial charge in [-0.05, 0) is 49.4 Å². The van der Waals surface area contributed by atoms with Crippen molar-refractivity contribution >= 4 is 45.1 Å². The van der Waals surface area contributed by atoms with Crippen molar-refractivity contribution in [1.82, 2.24) is 9.80 Å². The lowest BCUT2D eigenvalue weighted by atomic mass is 9.80. The maximum absolute atomic E-state index is 15.5. The van der Waals surface area contributed by atoms with Gasteiger partial charge in [0.15, 0.2) is 11.3 Å². The monoisotopic (exact) mass is 739 g/mol. The van der Waals surface area contributed by atoms with Crippen molar-refractivity contribution in [2.75, 3.05) is 39.2 Å². The normalized spacial score (nSPS) is 20.8. The molecule has 17 heteroatoms. The Hall–Kier alpha value is -4.54. The number of methoxy groups -OCH3 is 2. The number of anilines is 1. The molecule has 50 heavy (non-hydrogen) atoms. The lowest BCUT2D eigenvalue weighted by molar-refractivity contribution is -0.275. The highest BCUT2D eigenvalue weighted by molar-refractivity contribution is 7.93. The molecule has 2 aliphatic heterocycles. The Morgan fingerprint density at radius 1 is 0.980 bits per heavy atom. The second kappa shape index (κ2) is 13.3. The number of carbonyl (C=O) groups is 3. The van der Waals surface area contributed by atoms with E-state index in [1.807, 2.05) is 0 Å². The van der Waals surface area contributed by atoms with Gasteiger partial charge in [0, 0.05) is 56.2 Å². The number of nitrogens with zero attached hydrogens (tertiary/aromatic N) is 3. The third kappa shape index (κ3) is 6.31. The van der Waals surface area contributed by atoms with Crippen LogP contribution in [0, 0.1) is 6.92 Å². The van der Waals surface area contributed by atoms with Gasteiger partial charge in [-0.3, -0.25) is 19.3 Å². The Kier molecular flexibility index (Phi) is 9.77. The van der Waals surface area contributed by atoms with Crippen molar-refractivity contribution in [2.45, 2.75) is 49.2 Å². The molecule has 1 fully saturated rings. The number of likely N-dealkylation sites (tertiary alicyclic amines) is 1. The van der Waals surface area contributed by atoms with Crippen LogP contribution in [0.2, 0.25) is 5.02 Å². The van der Waals surface area contributed by atoms with E-state index in [4.69, 9.17) is 25.8 Å². The van der Waals surface area contributed by atoms with Crippen molar-refractivity contribution in [3.05, 3.63) is 76.3 Å². The number of ether oxygens (including phenoxy) is 4. The molecular formula is C33H33ClF3N3O9S. The lowest BCUT2D eigenvalue weighted by Gasteiger charge is -2.42. The lowest BCUT2D eigenvalue weighted by Crippen LogP contribution is -2.59. The van der Waals surface area contributed by atoms with Gasteiger partial charge in [0.25, 0.3) is 15.9 Å². The van der Waals surface area contributed by atoms with E-state index >= 15 is 4.79 Å². The predicted molar refractivity (Wildman–Crippen MR) is 174 cm³/mol. The number of fused-ring (bicyclic) bond motifs is 1. The van der Waals surface area contributed by atoms with Gasteiger partial charge in [-0.1, -0.05) is 23.2 Å². The summed E-state index contributed by atoms with van der Waals surface area (Å²) < 4.78 is 91.0. The van der Waals surface area contributed by atoms with Crippen LogP contribution in [0.15, 0.2) is 59.5 Å². The molecule has 2 heterocycles. The number of carbonyl (C=O) groups excluding carboxylic acids is 3. The van der Waals surface area contributed by atoms with Gasteiger partial charge >= 0.3 is 12.3 Å². The fraction of sp³-hybridized carbons (Fsp3) is 0.364. The molecule has 0 bridgehead atoms. The number of amides is 2. The Morgan fingerprint density at radius 3 is 2.28 bits per heavy atom. The van der Waals surface area contributed by atoms with Gasteiger partial charge in [-0.15, -0.1) is 13.2 Å². The van der Waals surface area contributed by atoms with Crippen LogP contribution in [0.25, 0.3) is 0 Å². The highest BCUT2D eigenvalue weighted by Crippen LogP contribution is 2.55. The van der Waals surface area contributed by atoms with E-state index in [2.05, 4.69) is 4.74 Å². The highest BCUT2D eigenvalue weighted by atomic mass is 35.5. The molecule has 0 radical (unpaired) electrons. The van der Waals surface area contributed by atoms with Crippen LogP contribution >= 0.6 is 11.6 Å². The van der Waals surface area contributed by atoms with Crippen molar-refractivity contribution in [3.63, 3.8) is 0 Å². The average Bonchev–Trinajstić information content (AvgIpc) is 3.55. The minimum atomic E-state index is -5.32. The second-order valence-corrected chi connectivity index (χ2v) is 14.1. The number of halogens is 4. The third-order valence-electron chi connectivity index (χ3n) is 8.45. The zero-order chi connectivity index (χ0) is 36.9.